The number of halogens is 1. The fraction of sp³-hybridized carbons (Fsp3) is 0.600. The summed E-state index contributed by atoms with van der Waals surface area (Å²) in [6.07, 6.45) is 4.01. The highest BCUT2D eigenvalue weighted by Gasteiger charge is 2.21. The van der Waals surface area contributed by atoms with Crippen molar-refractivity contribution in [3.05, 3.63) is 28.2 Å². The van der Waals surface area contributed by atoms with Gasteiger partial charge in [-0.15, -0.1) is 0 Å². The van der Waals surface area contributed by atoms with Crippen LogP contribution in [0.2, 0.25) is 0 Å². The zero-order chi connectivity index (χ0) is 13.1. The zero-order valence-corrected chi connectivity index (χ0v) is 13.6. The van der Waals surface area contributed by atoms with Crippen LogP contribution >= 0.6 is 27.7 Å². The molecule has 0 aromatic heterocycles. The Morgan fingerprint density at radius 2 is 2.16 bits per heavy atom. The van der Waals surface area contributed by atoms with Gasteiger partial charge in [0.1, 0.15) is 0 Å². The van der Waals surface area contributed by atoms with Gasteiger partial charge in [0.15, 0.2) is 0 Å². The summed E-state index contributed by atoms with van der Waals surface area (Å²) in [6, 6.07) is 7.50. The van der Waals surface area contributed by atoms with Crippen molar-refractivity contribution in [1.29, 1.82) is 0 Å². The van der Waals surface area contributed by atoms with Crippen molar-refractivity contribution in [2.75, 3.05) is 29.5 Å². The number of nitrogens with one attached hydrogen (secondary N) is 1. The molecule has 1 N–H and O–H groups in total. The molecule has 0 unspecified atom stereocenters. The molecule has 2 fully saturated rings. The van der Waals surface area contributed by atoms with Crippen molar-refractivity contribution < 1.29 is 0 Å². The Morgan fingerprint density at radius 1 is 1.26 bits per heavy atom. The molecule has 19 heavy (non-hydrogen) atoms. The number of hydrogen-bond donors (Lipinski definition) is 1. The van der Waals surface area contributed by atoms with Crippen LogP contribution in [-0.2, 0) is 6.54 Å². The molecule has 2 nitrogen and oxygen atoms in total. The Morgan fingerprint density at radius 3 is 3.00 bits per heavy atom. The molecule has 1 aromatic rings. The maximum atomic E-state index is 3.64. The van der Waals surface area contributed by atoms with Crippen molar-refractivity contribution in [1.82, 2.24) is 5.32 Å². The van der Waals surface area contributed by atoms with Gasteiger partial charge in [-0.25, -0.2) is 0 Å². The van der Waals surface area contributed by atoms with Crippen LogP contribution in [0.1, 0.15) is 24.8 Å². The largest absolute Gasteiger partial charge is 0.370 e. The lowest BCUT2D eigenvalue weighted by Gasteiger charge is -2.25. The maximum Gasteiger partial charge on any atom is 0.0423 e. The molecule has 1 saturated carbocycles. The monoisotopic (exact) mass is 340 g/mol. The Bertz CT molecular complexity index is 426. The van der Waals surface area contributed by atoms with Crippen LogP contribution in [0.15, 0.2) is 22.7 Å². The Balaban J connectivity index is 1.77. The summed E-state index contributed by atoms with van der Waals surface area (Å²) < 4.78 is 1.19. The normalized spacial score (nSPS) is 20.4. The Kier molecular flexibility index (Phi) is 4.72. The van der Waals surface area contributed by atoms with E-state index in [9.17, 15) is 0 Å². The minimum absolute atomic E-state index is 0.774. The highest BCUT2D eigenvalue weighted by molar-refractivity contribution is 9.10. The summed E-state index contributed by atoms with van der Waals surface area (Å²) in [6.45, 7) is 3.38. The van der Waals surface area contributed by atoms with Crippen molar-refractivity contribution in [3.63, 3.8) is 0 Å². The smallest absolute Gasteiger partial charge is 0.0423 e. The molecule has 0 bridgehead atoms. The lowest BCUT2D eigenvalue weighted by atomic mass is 10.1. The number of hydrogen-bond acceptors (Lipinski definition) is 3. The third-order valence-corrected chi connectivity index (χ3v) is 5.31. The lowest BCUT2D eigenvalue weighted by Crippen LogP contribution is -2.27. The molecule has 0 amide bonds. The van der Waals surface area contributed by atoms with E-state index in [1.165, 1.54) is 59.6 Å². The lowest BCUT2D eigenvalue weighted by molar-refractivity contribution is 0.683. The topological polar surface area (TPSA) is 15.3 Å². The van der Waals surface area contributed by atoms with Crippen molar-refractivity contribution in [2.24, 2.45) is 0 Å². The van der Waals surface area contributed by atoms with Crippen molar-refractivity contribution >= 4 is 33.4 Å². The Labute approximate surface area is 128 Å². The fourth-order valence-corrected chi connectivity index (χ4v) is 3.75. The summed E-state index contributed by atoms with van der Waals surface area (Å²) in [7, 11) is 0. The van der Waals surface area contributed by atoms with Gasteiger partial charge in [0.2, 0.25) is 0 Å². The summed E-state index contributed by atoms with van der Waals surface area (Å²) in [4.78, 5) is 2.56. The van der Waals surface area contributed by atoms with E-state index in [-0.39, 0.29) is 0 Å². The van der Waals surface area contributed by atoms with E-state index >= 15 is 0 Å². The third-order valence-electron chi connectivity index (χ3n) is 3.77. The molecule has 1 heterocycles. The summed E-state index contributed by atoms with van der Waals surface area (Å²) in [5, 5.41) is 3.64. The maximum absolute atomic E-state index is 3.64. The highest BCUT2D eigenvalue weighted by Crippen LogP contribution is 2.28. The molecule has 1 aliphatic heterocycles. The molecule has 0 atom stereocenters. The van der Waals surface area contributed by atoms with Crippen molar-refractivity contribution in [3.8, 4) is 0 Å². The van der Waals surface area contributed by atoms with Gasteiger partial charge >= 0.3 is 0 Å². The average molecular weight is 341 g/mol. The first-order chi connectivity index (χ1) is 9.33. The van der Waals surface area contributed by atoms with E-state index < -0.39 is 0 Å². The zero-order valence-electron chi connectivity index (χ0n) is 11.2. The predicted molar refractivity (Wildman–Crippen MR) is 88.2 cm³/mol. The third kappa shape index (κ3) is 3.89. The summed E-state index contributed by atoms with van der Waals surface area (Å²) in [5.41, 5.74) is 2.87. The quantitative estimate of drug-likeness (QED) is 0.900. The molecule has 4 heteroatoms. The van der Waals surface area contributed by atoms with E-state index in [0.717, 1.165) is 12.6 Å². The number of thioether (sulfide) groups is 1. The van der Waals surface area contributed by atoms with E-state index in [2.05, 4.69) is 56.1 Å². The van der Waals surface area contributed by atoms with Gasteiger partial charge in [-0.3, -0.25) is 0 Å². The number of nitrogens with zero attached hydrogens (tertiary/aromatic N) is 1. The van der Waals surface area contributed by atoms with Crippen LogP contribution in [0.5, 0.6) is 0 Å². The average Bonchev–Trinajstić information content (AvgIpc) is 3.24. The van der Waals surface area contributed by atoms with E-state index in [1.54, 1.807) is 0 Å². The first-order valence-electron chi connectivity index (χ1n) is 7.17. The molecule has 1 aliphatic carbocycles. The molecule has 3 rings (SSSR count). The first-order valence-corrected chi connectivity index (χ1v) is 9.12. The second-order valence-corrected chi connectivity index (χ2v) is 7.52. The molecule has 2 aliphatic rings. The number of rotatable bonds is 4. The van der Waals surface area contributed by atoms with Crippen LogP contribution in [0.3, 0.4) is 0 Å². The van der Waals surface area contributed by atoms with Gasteiger partial charge in [0, 0.05) is 41.6 Å². The van der Waals surface area contributed by atoms with E-state index in [0.29, 0.717) is 0 Å². The van der Waals surface area contributed by atoms with Gasteiger partial charge in [-0.1, -0.05) is 22.0 Å². The molecule has 0 spiro atoms. The van der Waals surface area contributed by atoms with E-state index in [4.69, 9.17) is 0 Å². The molecule has 1 saturated heterocycles. The number of benzene rings is 1. The van der Waals surface area contributed by atoms with E-state index in [1.807, 2.05) is 0 Å². The summed E-state index contributed by atoms with van der Waals surface area (Å²) in [5.74, 6) is 2.56. The molecule has 104 valence electrons. The van der Waals surface area contributed by atoms with Crippen LogP contribution < -0.4 is 10.2 Å². The van der Waals surface area contributed by atoms with Crippen LogP contribution in [0, 0.1) is 0 Å². The molecular weight excluding hydrogens is 320 g/mol. The SMILES string of the molecule is Brc1ccc(CNC2CC2)c(N2CCCSCC2)c1. The van der Waals surface area contributed by atoms with Crippen LogP contribution in [0.25, 0.3) is 0 Å². The van der Waals surface area contributed by atoms with Gasteiger partial charge in [-0.2, -0.15) is 11.8 Å². The van der Waals surface area contributed by atoms with Gasteiger partial charge < -0.3 is 10.2 Å². The number of anilines is 1. The molecule has 1 aromatic carbocycles. The minimum atomic E-state index is 0.774. The second-order valence-electron chi connectivity index (χ2n) is 5.38. The summed E-state index contributed by atoms with van der Waals surface area (Å²) >= 11 is 5.71. The Hall–Kier alpha value is -0.190. The van der Waals surface area contributed by atoms with Gasteiger partial charge in [0.25, 0.3) is 0 Å². The fourth-order valence-electron chi connectivity index (χ4n) is 2.51. The van der Waals surface area contributed by atoms with Crippen LogP contribution in [-0.4, -0.2) is 30.6 Å². The second kappa shape index (κ2) is 6.51. The first kappa shape index (κ1) is 13.8. The predicted octanol–water partition coefficient (Wildman–Crippen LogP) is 3.64. The minimum Gasteiger partial charge on any atom is -0.370 e. The van der Waals surface area contributed by atoms with Crippen LogP contribution in [0.4, 0.5) is 5.69 Å². The highest BCUT2D eigenvalue weighted by atomic mass is 79.9. The van der Waals surface area contributed by atoms with Crippen molar-refractivity contribution in [2.45, 2.75) is 31.8 Å². The van der Waals surface area contributed by atoms with Gasteiger partial charge in [0.05, 0.1) is 0 Å². The van der Waals surface area contributed by atoms with Gasteiger partial charge in [-0.05, 0) is 42.7 Å². The standard InChI is InChI=1S/C15H21BrN2S/c16-13-3-2-12(11-17-14-4-5-14)15(10-13)18-6-1-8-19-9-7-18/h2-3,10,14,17H,1,4-9,11H2. The molecular formula is C15H21BrN2S. The molecule has 0 radical (unpaired) electrons.